The average molecular weight is 495 g/mol. The molecule has 1 aromatic rings. The number of nitrogens with zero attached hydrogens (tertiary/aromatic N) is 3. The summed E-state index contributed by atoms with van der Waals surface area (Å²) in [7, 11) is 0. The minimum Gasteiger partial charge on any atom is -0.442 e. The monoisotopic (exact) mass is 494 g/mol. The Kier molecular flexibility index (Phi) is 7.44. The van der Waals surface area contributed by atoms with Gasteiger partial charge in [0.05, 0.1) is 19.2 Å². The maximum absolute atomic E-state index is 13.3. The van der Waals surface area contributed by atoms with Crippen molar-refractivity contribution in [3.8, 4) is 6.07 Å². The van der Waals surface area contributed by atoms with E-state index in [1.165, 1.54) is 4.90 Å². The number of benzene rings is 1. The van der Waals surface area contributed by atoms with Crippen molar-refractivity contribution in [1.82, 2.24) is 25.8 Å². The molecule has 0 saturated carbocycles. The van der Waals surface area contributed by atoms with Crippen LogP contribution in [0, 0.1) is 11.3 Å². The van der Waals surface area contributed by atoms with E-state index in [9.17, 15) is 9.59 Å². The highest BCUT2D eigenvalue weighted by Gasteiger charge is 2.40. The second-order valence-electron chi connectivity index (χ2n) is 8.62. The van der Waals surface area contributed by atoms with Crippen molar-refractivity contribution in [2.24, 2.45) is 0 Å². The molecule has 9 nitrogen and oxygen atoms in total. The molecule has 1 fully saturated rings. The zero-order chi connectivity index (χ0) is 24.9. The molecule has 1 aliphatic carbocycles. The van der Waals surface area contributed by atoms with Crippen LogP contribution >= 0.6 is 11.6 Å². The van der Waals surface area contributed by atoms with Gasteiger partial charge in [0.15, 0.2) is 12.2 Å². The Morgan fingerprint density at radius 2 is 2.03 bits per heavy atom. The van der Waals surface area contributed by atoms with Crippen LogP contribution in [0.15, 0.2) is 71.9 Å². The van der Waals surface area contributed by atoms with Crippen LogP contribution in [0.25, 0.3) is 0 Å². The molecular formula is C25H27ClN6O3. The molecule has 0 aromatic heterocycles. The number of hydrogen-bond acceptors (Lipinski definition) is 6. The van der Waals surface area contributed by atoms with Crippen LogP contribution in [0.2, 0.25) is 5.02 Å². The third kappa shape index (κ3) is 5.85. The van der Waals surface area contributed by atoms with E-state index in [1.54, 1.807) is 43.0 Å². The molecule has 2 atom stereocenters. The Labute approximate surface area is 209 Å². The highest BCUT2D eigenvalue weighted by atomic mass is 35.5. The first kappa shape index (κ1) is 24.4. The third-order valence-electron chi connectivity index (χ3n) is 5.72. The highest BCUT2D eigenvalue weighted by Crippen LogP contribution is 2.21. The lowest BCUT2D eigenvalue weighted by molar-refractivity contribution is 0.0748. The molecule has 10 heteroatoms. The van der Waals surface area contributed by atoms with Gasteiger partial charge in [-0.1, -0.05) is 29.8 Å². The number of hydrogen-bond donors (Lipinski definition) is 3. The fraction of sp³-hybridized carbons (Fsp3) is 0.320. The second kappa shape index (κ2) is 10.7. The number of dihydropyridines is 1. The predicted octanol–water partition coefficient (Wildman–Crippen LogP) is 3.69. The molecule has 3 aliphatic rings. The molecule has 4 amide bonds. The summed E-state index contributed by atoms with van der Waals surface area (Å²) in [5, 5.41) is 18.9. The number of halogens is 1. The number of amides is 4. The number of ether oxygens (including phenoxy) is 1. The zero-order valence-corrected chi connectivity index (χ0v) is 20.2. The summed E-state index contributed by atoms with van der Waals surface area (Å²) in [6.07, 6.45) is 9.05. The summed E-state index contributed by atoms with van der Waals surface area (Å²) in [5.74, 6) is 1.24. The molecule has 0 radical (unpaired) electrons. The van der Waals surface area contributed by atoms with Gasteiger partial charge in [-0.05, 0) is 62.3 Å². The normalized spacial score (nSPS) is 22.1. The van der Waals surface area contributed by atoms with E-state index in [1.807, 2.05) is 30.4 Å². The lowest BCUT2D eigenvalue weighted by Crippen LogP contribution is -2.70. The van der Waals surface area contributed by atoms with Crippen LogP contribution in [0.1, 0.15) is 25.8 Å². The smallest absolute Gasteiger partial charge is 0.331 e. The van der Waals surface area contributed by atoms with Gasteiger partial charge in [-0.25, -0.2) is 14.5 Å². The Hall–Kier alpha value is -3.74. The molecule has 2 unspecified atom stereocenters. The van der Waals surface area contributed by atoms with Crippen LogP contribution in [0.4, 0.5) is 9.59 Å². The van der Waals surface area contributed by atoms with Crippen LogP contribution < -0.4 is 16.0 Å². The van der Waals surface area contributed by atoms with Crippen LogP contribution in [0.3, 0.4) is 0 Å². The number of rotatable bonds is 7. The summed E-state index contributed by atoms with van der Waals surface area (Å²) in [5.41, 5.74) is 1.53. The van der Waals surface area contributed by atoms with Crippen molar-refractivity contribution in [3.63, 3.8) is 0 Å². The Bertz CT molecular complexity index is 1150. The number of carbonyl (C=O) groups is 2. The summed E-state index contributed by atoms with van der Waals surface area (Å²) in [4.78, 5) is 28.8. The molecule has 1 aromatic carbocycles. The number of urea groups is 2. The van der Waals surface area contributed by atoms with Crippen molar-refractivity contribution in [3.05, 3.63) is 82.4 Å². The zero-order valence-electron chi connectivity index (χ0n) is 19.5. The molecule has 4 rings (SSSR count). The van der Waals surface area contributed by atoms with E-state index in [-0.39, 0.29) is 18.1 Å². The van der Waals surface area contributed by atoms with Gasteiger partial charge >= 0.3 is 12.1 Å². The van der Waals surface area contributed by atoms with E-state index in [4.69, 9.17) is 21.6 Å². The van der Waals surface area contributed by atoms with Gasteiger partial charge in [-0.2, -0.15) is 5.26 Å². The fourth-order valence-corrected chi connectivity index (χ4v) is 4.01. The van der Waals surface area contributed by atoms with Gasteiger partial charge in [0.2, 0.25) is 0 Å². The largest absolute Gasteiger partial charge is 0.442 e. The minimum absolute atomic E-state index is 0.128. The van der Waals surface area contributed by atoms with Gasteiger partial charge < -0.3 is 15.4 Å². The van der Waals surface area contributed by atoms with Crippen LogP contribution in [-0.2, 0) is 11.3 Å². The third-order valence-corrected chi connectivity index (χ3v) is 5.98. The lowest BCUT2D eigenvalue weighted by Gasteiger charge is -2.43. The summed E-state index contributed by atoms with van der Waals surface area (Å²) in [6.45, 7) is 4.33. The molecule has 182 valence electrons. The quantitative estimate of drug-likeness (QED) is 0.533. The highest BCUT2D eigenvalue weighted by molar-refractivity contribution is 6.30. The van der Waals surface area contributed by atoms with E-state index in [2.05, 4.69) is 22.0 Å². The van der Waals surface area contributed by atoms with Crippen LogP contribution in [-0.4, -0.2) is 46.8 Å². The molecule has 0 spiro atoms. The van der Waals surface area contributed by atoms with E-state index in [0.717, 1.165) is 5.56 Å². The first-order chi connectivity index (χ1) is 16.8. The fourth-order valence-electron chi connectivity index (χ4n) is 3.89. The molecule has 2 aliphatic heterocycles. The first-order valence-corrected chi connectivity index (χ1v) is 11.7. The molecule has 3 N–H and O–H groups in total. The predicted molar refractivity (Wildman–Crippen MR) is 131 cm³/mol. The first-order valence-electron chi connectivity index (χ1n) is 11.4. The van der Waals surface area contributed by atoms with Gasteiger partial charge in [0.1, 0.15) is 5.76 Å². The number of imide groups is 1. The second-order valence-corrected chi connectivity index (χ2v) is 9.05. The Balaban J connectivity index is 1.43. The number of nitrogens with one attached hydrogen (secondary N) is 3. The maximum atomic E-state index is 13.3. The number of nitriles is 1. The minimum atomic E-state index is -0.691. The summed E-state index contributed by atoms with van der Waals surface area (Å²) >= 11 is 6.01. The van der Waals surface area contributed by atoms with Crippen LogP contribution in [0.5, 0.6) is 0 Å². The van der Waals surface area contributed by atoms with E-state index in [0.29, 0.717) is 41.7 Å². The Morgan fingerprint density at radius 3 is 2.63 bits per heavy atom. The topological polar surface area (TPSA) is 110 Å². The number of allylic oxidation sites excluding steroid dienone is 3. The van der Waals surface area contributed by atoms with Gasteiger partial charge in [0, 0.05) is 22.7 Å². The van der Waals surface area contributed by atoms with Gasteiger partial charge in [-0.3, -0.25) is 10.2 Å². The van der Waals surface area contributed by atoms with Crippen molar-refractivity contribution in [2.45, 2.75) is 45.2 Å². The summed E-state index contributed by atoms with van der Waals surface area (Å²) in [6, 6.07) is 8.16. The molecule has 0 bridgehead atoms. The molecule has 1 saturated heterocycles. The number of carbonyl (C=O) groups excluding carboxylic acids is 2. The SMILES string of the molecule is CC(C)N1C(=O)NC(NC2C=CC(OC3=CC=C(C#N)CN3)=CC2)N(Cc2ccc(Cl)cc2)C1=O. The summed E-state index contributed by atoms with van der Waals surface area (Å²) < 4.78 is 5.84. The van der Waals surface area contributed by atoms with E-state index < -0.39 is 12.3 Å². The Morgan fingerprint density at radius 1 is 1.26 bits per heavy atom. The van der Waals surface area contributed by atoms with Crippen molar-refractivity contribution >= 4 is 23.7 Å². The van der Waals surface area contributed by atoms with Crippen molar-refractivity contribution < 1.29 is 14.3 Å². The van der Waals surface area contributed by atoms with E-state index >= 15 is 0 Å². The molecule has 35 heavy (non-hydrogen) atoms. The maximum Gasteiger partial charge on any atom is 0.331 e. The van der Waals surface area contributed by atoms with Gasteiger partial charge in [0.25, 0.3) is 0 Å². The van der Waals surface area contributed by atoms with Crippen molar-refractivity contribution in [1.29, 1.82) is 5.26 Å². The molecule has 2 heterocycles. The standard InChI is InChI=1S/C25H27ClN6O3/c1-16(2)32-24(33)30-23(31(25(32)34)15-17-3-6-19(26)7-4-17)29-20-8-10-21(11-9-20)35-22-12-5-18(13-27)14-28-22/h3-8,10-12,16,20,23,28-29H,9,14-15H2,1-2H3,(H,30,33). The van der Waals surface area contributed by atoms with Crippen molar-refractivity contribution in [2.75, 3.05) is 6.54 Å². The van der Waals surface area contributed by atoms with Gasteiger partial charge in [-0.15, -0.1) is 0 Å². The molecular weight excluding hydrogens is 468 g/mol. The lowest BCUT2D eigenvalue weighted by atomic mass is 10.1. The average Bonchev–Trinajstić information content (AvgIpc) is 2.84.